The fourth-order valence-corrected chi connectivity index (χ4v) is 4.41. The van der Waals surface area contributed by atoms with Gasteiger partial charge in [0.15, 0.2) is 5.76 Å². The van der Waals surface area contributed by atoms with Crippen LogP contribution in [0.25, 0.3) is 5.69 Å². The quantitative estimate of drug-likeness (QED) is 0.387. The summed E-state index contributed by atoms with van der Waals surface area (Å²) in [5.74, 6) is -0.656. The number of benzene rings is 2. The van der Waals surface area contributed by atoms with Crippen molar-refractivity contribution in [2.24, 2.45) is 7.05 Å². The Balaban J connectivity index is 1.60. The van der Waals surface area contributed by atoms with E-state index in [0.29, 0.717) is 18.5 Å². The molecule has 1 aromatic heterocycles. The number of amides is 1. The molecule has 1 aliphatic rings. The molecule has 0 saturated carbocycles. The first kappa shape index (κ1) is 26.4. The minimum absolute atomic E-state index is 0.0720. The summed E-state index contributed by atoms with van der Waals surface area (Å²) in [5.41, 5.74) is 2.96. The van der Waals surface area contributed by atoms with Gasteiger partial charge in [0.05, 0.1) is 32.1 Å². The topological polar surface area (TPSA) is 104 Å². The number of carbonyl (C=O) groups is 1. The third-order valence-electron chi connectivity index (χ3n) is 6.31. The number of aromatic nitrogens is 2. The van der Waals surface area contributed by atoms with E-state index >= 15 is 0 Å². The van der Waals surface area contributed by atoms with E-state index in [2.05, 4.69) is 5.32 Å². The summed E-state index contributed by atoms with van der Waals surface area (Å²) in [6.07, 6.45) is 1.33. The number of aliphatic hydroxyl groups excluding tert-OH is 1. The van der Waals surface area contributed by atoms with Crippen LogP contribution in [0.3, 0.4) is 0 Å². The van der Waals surface area contributed by atoms with Crippen molar-refractivity contribution in [3.8, 4) is 5.69 Å². The molecule has 2 atom stereocenters. The third kappa shape index (κ3) is 6.37. The molecular weight excluding hydrogens is 474 g/mol. The number of hydrogen-bond donors (Lipinski definition) is 2. The van der Waals surface area contributed by atoms with Crippen LogP contribution in [0.2, 0.25) is 0 Å². The SMILES string of the molecule is Cc1c([C@H]2C=C(C(=O)NCc3ccccc3)O[C@@H](OCCOCCO)C2)c(=O)n(-c2ccccc2)n1C. The first-order chi connectivity index (χ1) is 18.0. The lowest BCUT2D eigenvalue weighted by atomic mass is 9.93. The number of carbonyl (C=O) groups excluding carboxylic acids is 1. The second-order valence-electron chi connectivity index (χ2n) is 8.77. The predicted octanol–water partition coefficient (Wildman–Crippen LogP) is 2.54. The van der Waals surface area contributed by atoms with E-state index in [1.807, 2.05) is 79.3 Å². The summed E-state index contributed by atoms with van der Waals surface area (Å²) in [5, 5.41) is 11.8. The second kappa shape index (κ2) is 12.5. The first-order valence-corrected chi connectivity index (χ1v) is 12.3. The van der Waals surface area contributed by atoms with Crippen molar-refractivity contribution in [3.05, 3.63) is 99.7 Å². The Hall–Kier alpha value is -3.66. The standard InChI is InChI=1S/C28H33N3O6/c1-20-26(28(34)31(30(20)2)23-11-7-4-8-12-23)22-17-24(27(33)29-19-21-9-5-3-6-10-21)37-25(18-22)36-16-15-35-14-13-32/h3-12,17,22,25,32H,13-16,18-19H2,1-2H3,(H,29,33)/t22-,25+/m0/s1. The molecule has 1 amide bonds. The molecule has 9 nitrogen and oxygen atoms in total. The molecule has 0 radical (unpaired) electrons. The lowest BCUT2D eigenvalue weighted by molar-refractivity contribution is -0.151. The van der Waals surface area contributed by atoms with Crippen molar-refractivity contribution in [1.82, 2.24) is 14.7 Å². The van der Waals surface area contributed by atoms with Gasteiger partial charge >= 0.3 is 0 Å². The van der Waals surface area contributed by atoms with Gasteiger partial charge in [-0.2, -0.15) is 0 Å². The summed E-state index contributed by atoms with van der Waals surface area (Å²) in [6.45, 7) is 2.88. The average Bonchev–Trinajstić information content (AvgIpc) is 3.15. The van der Waals surface area contributed by atoms with E-state index in [1.165, 1.54) is 0 Å². The molecule has 1 aliphatic heterocycles. The predicted molar refractivity (Wildman–Crippen MR) is 138 cm³/mol. The molecule has 196 valence electrons. The Bertz CT molecular complexity index is 1270. The van der Waals surface area contributed by atoms with Gasteiger partial charge in [0.25, 0.3) is 11.5 Å². The van der Waals surface area contributed by atoms with Crippen LogP contribution in [0, 0.1) is 6.92 Å². The molecule has 0 fully saturated rings. The highest BCUT2D eigenvalue weighted by Gasteiger charge is 2.33. The van der Waals surface area contributed by atoms with E-state index in [0.717, 1.165) is 16.9 Å². The Kier molecular flexibility index (Phi) is 8.95. The highest BCUT2D eigenvalue weighted by molar-refractivity contribution is 5.91. The van der Waals surface area contributed by atoms with E-state index in [1.54, 1.807) is 10.8 Å². The number of allylic oxidation sites excluding steroid dienone is 1. The molecule has 0 spiro atoms. The van der Waals surface area contributed by atoms with Crippen LogP contribution in [-0.4, -0.2) is 53.1 Å². The van der Waals surface area contributed by atoms with E-state index in [-0.39, 0.29) is 43.7 Å². The smallest absolute Gasteiger partial charge is 0.286 e. The number of para-hydroxylation sites is 1. The summed E-state index contributed by atoms with van der Waals surface area (Å²) in [6, 6.07) is 19.0. The van der Waals surface area contributed by atoms with Gasteiger partial charge in [-0.25, -0.2) is 4.68 Å². The molecule has 2 heterocycles. The molecule has 4 rings (SSSR count). The fraction of sp³-hybridized carbons (Fsp3) is 0.357. The van der Waals surface area contributed by atoms with Crippen LogP contribution >= 0.6 is 0 Å². The van der Waals surface area contributed by atoms with Gasteiger partial charge in [-0.15, -0.1) is 0 Å². The van der Waals surface area contributed by atoms with Crippen molar-refractivity contribution in [3.63, 3.8) is 0 Å². The largest absolute Gasteiger partial charge is 0.459 e. The van der Waals surface area contributed by atoms with Crippen LogP contribution in [-0.2, 0) is 32.6 Å². The van der Waals surface area contributed by atoms with Crippen LogP contribution in [0.4, 0.5) is 0 Å². The third-order valence-corrected chi connectivity index (χ3v) is 6.31. The Morgan fingerprint density at radius 1 is 1.08 bits per heavy atom. The zero-order valence-electron chi connectivity index (χ0n) is 21.1. The van der Waals surface area contributed by atoms with Gasteiger partial charge < -0.3 is 24.6 Å². The maximum Gasteiger partial charge on any atom is 0.286 e. The summed E-state index contributed by atoms with van der Waals surface area (Å²) >= 11 is 0. The summed E-state index contributed by atoms with van der Waals surface area (Å²) in [4.78, 5) is 26.7. The molecule has 0 bridgehead atoms. The van der Waals surface area contributed by atoms with E-state index in [9.17, 15) is 9.59 Å². The number of ether oxygens (including phenoxy) is 3. The number of aliphatic hydroxyl groups is 1. The number of nitrogens with zero attached hydrogens (tertiary/aromatic N) is 2. The van der Waals surface area contributed by atoms with Crippen molar-refractivity contribution >= 4 is 5.91 Å². The average molecular weight is 508 g/mol. The number of hydrogen-bond acceptors (Lipinski definition) is 6. The highest BCUT2D eigenvalue weighted by atomic mass is 16.7. The Morgan fingerprint density at radius 2 is 1.78 bits per heavy atom. The van der Waals surface area contributed by atoms with Crippen LogP contribution < -0.4 is 10.9 Å². The Morgan fingerprint density at radius 3 is 2.49 bits per heavy atom. The van der Waals surface area contributed by atoms with Crippen LogP contribution in [0.5, 0.6) is 0 Å². The maximum absolute atomic E-state index is 13.6. The van der Waals surface area contributed by atoms with Crippen molar-refractivity contribution in [2.75, 3.05) is 26.4 Å². The van der Waals surface area contributed by atoms with Crippen LogP contribution in [0.1, 0.15) is 29.2 Å². The van der Waals surface area contributed by atoms with Gasteiger partial charge in [0.1, 0.15) is 0 Å². The highest BCUT2D eigenvalue weighted by Crippen LogP contribution is 2.32. The minimum atomic E-state index is -0.741. The normalized spacial score (nSPS) is 17.2. The molecule has 0 saturated heterocycles. The van der Waals surface area contributed by atoms with Crippen molar-refractivity contribution < 1.29 is 24.1 Å². The molecular formula is C28H33N3O6. The lowest BCUT2D eigenvalue weighted by Crippen LogP contribution is -2.34. The summed E-state index contributed by atoms with van der Waals surface area (Å²) in [7, 11) is 1.84. The zero-order valence-corrected chi connectivity index (χ0v) is 21.1. The fourth-order valence-electron chi connectivity index (χ4n) is 4.41. The van der Waals surface area contributed by atoms with E-state index in [4.69, 9.17) is 19.3 Å². The molecule has 37 heavy (non-hydrogen) atoms. The number of nitrogens with one attached hydrogen (secondary N) is 1. The van der Waals surface area contributed by atoms with Crippen molar-refractivity contribution in [2.45, 2.75) is 32.1 Å². The Labute approximate surface area is 215 Å². The molecule has 9 heteroatoms. The molecule has 2 aromatic carbocycles. The first-order valence-electron chi connectivity index (χ1n) is 12.3. The monoisotopic (exact) mass is 507 g/mol. The zero-order chi connectivity index (χ0) is 26.2. The van der Waals surface area contributed by atoms with Crippen LogP contribution in [0.15, 0.2) is 77.3 Å². The van der Waals surface area contributed by atoms with Gasteiger partial charge in [-0.05, 0) is 30.7 Å². The van der Waals surface area contributed by atoms with Gasteiger partial charge in [0.2, 0.25) is 6.29 Å². The molecule has 2 N–H and O–H groups in total. The van der Waals surface area contributed by atoms with Crippen molar-refractivity contribution in [1.29, 1.82) is 0 Å². The summed E-state index contributed by atoms with van der Waals surface area (Å²) < 4.78 is 20.5. The minimum Gasteiger partial charge on any atom is -0.459 e. The molecule has 0 unspecified atom stereocenters. The maximum atomic E-state index is 13.6. The van der Waals surface area contributed by atoms with Gasteiger partial charge in [0, 0.05) is 37.2 Å². The van der Waals surface area contributed by atoms with E-state index < -0.39 is 12.2 Å². The molecule has 0 aliphatic carbocycles. The lowest BCUT2D eigenvalue weighted by Gasteiger charge is -2.29. The second-order valence-corrected chi connectivity index (χ2v) is 8.77. The number of rotatable bonds is 11. The van der Waals surface area contributed by atoms with Gasteiger partial charge in [-0.1, -0.05) is 48.5 Å². The molecule has 3 aromatic rings. The van der Waals surface area contributed by atoms with Gasteiger partial charge in [-0.3, -0.25) is 14.3 Å².